The van der Waals surface area contributed by atoms with Crippen LogP contribution in [0.25, 0.3) is 0 Å². The second-order valence-corrected chi connectivity index (χ2v) is 12.1. The van der Waals surface area contributed by atoms with E-state index in [0.29, 0.717) is 6.04 Å². The lowest BCUT2D eigenvalue weighted by Gasteiger charge is -2.38. The van der Waals surface area contributed by atoms with Crippen molar-refractivity contribution in [1.29, 1.82) is 0 Å². The molecule has 2 aliphatic rings. The third-order valence-corrected chi connectivity index (χ3v) is 8.14. The van der Waals surface area contributed by atoms with Gasteiger partial charge in [0.1, 0.15) is 0 Å². The van der Waals surface area contributed by atoms with Crippen molar-refractivity contribution in [3.63, 3.8) is 0 Å². The second-order valence-electron chi connectivity index (χ2n) is 9.83. The molecule has 0 aromatic heterocycles. The zero-order valence-corrected chi connectivity index (χ0v) is 23.5. The summed E-state index contributed by atoms with van der Waals surface area (Å²) in [6.45, 7) is 10.8. The number of rotatable bonds is 5. The summed E-state index contributed by atoms with van der Waals surface area (Å²) in [5.41, 5.74) is -3.21. The molecule has 2 aromatic carbocycles. The molecule has 0 spiro atoms. The Kier molecular flexibility index (Phi) is 9.29. The van der Waals surface area contributed by atoms with Gasteiger partial charge in [-0.3, -0.25) is 0 Å². The van der Waals surface area contributed by atoms with E-state index >= 15 is 0 Å². The van der Waals surface area contributed by atoms with Crippen LogP contribution in [0.15, 0.2) is 61.2 Å². The van der Waals surface area contributed by atoms with E-state index in [2.05, 4.69) is 62.3 Å². The van der Waals surface area contributed by atoms with Gasteiger partial charge in [0.05, 0.1) is 11.3 Å². The Bertz CT molecular complexity index is 1300. The lowest BCUT2D eigenvalue weighted by Crippen LogP contribution is -2.45. The molecule has 0 saturated heterocycles. The van der Waals surface area contributed by atoms with Crippen molar-refractivity contribution in [2.75, 3.05) is 0 Å². The van der Waals surface area contributed by atoms with Crippen LogP contribution in [0.5, 0.6) is 0 Å². The maximum Gasteiger partial charge on any atom is 0.485 e. The predicted molar refractivity (Wildman–Crippen MR) is 142 cm³/mol. The van der Waals surface area contributed by atoms with Crippen LogP contribution in [-0.2, 0) is 14.9 Å². The summed E-state index contributed by atoms with van der Waals surface area (Å²) in [6.07, 6.45) is 5.06. The number of ether oxygens (including phenoxy) is 1. The van der Waals surface area contributed by atoms with Gasteiger partial charge in [0.2, 0.25) is 0 Å². The third-order valence-electron chi connectivity index (χ3n) is 7.08. The standard InChI is InChI=1S/C26H30Cl2NO.CHF3O3S/c1-5-14-26(4)16-22(19-8-7-9-21(28)15-19)24(18-10-12-20(27)13-11-18)29-23(6-2)17(3)30-25(26)29;2-1(3,4)8(5,6)7/h5,7-13,15,17,22-24H,1,6,14,16H2,2-4H3;(H,5,6,7)/q+1;/p-1/t17-,22+,23-,24+,26-;/m0./s1. The van der Waals surface area contributed by atoms with Crippen molar-refractivity contribution in [3.8, 4) is 0 Å². The molecule has 208 valence electrons. The Hall–Kier alpha value is -2.07. The van der Waals surface area contributed by atoms with Gasteiger partial charge in [0.15, 0.2) is 28.3 Å². The molecule has 4 rings (SSSR count). The molecule has 0 saturated carbocycles. The fourth-order valence-corrected chi connectivity index (χ4v) is 5.79. The maximum absolute atomic E-state index is 10.7. The molecule has 0 bridgehead atoms. The zero-order valence-electron chi connectivity index (χ0n) is 21.2. The van der Waals surface area contributed by atoms with Crippen molar-refractivity contribution in [1.82, 2.24) is 0 Å². The lowest BCUT2D eigenvalue weighted by atomic mass is 9.69. The Morgan fingerprint density at radius 2 is 1.76 bits per heavy atom. The maximum atomic E-state index is 10.7. The van der Waals surface area contributed by atoms with Crippen LogP contribution in [0.4, 0.5) is 13.2 Å². The van der Waals surface area contributed by atoms with Crippen molar-refractivity contribution in [3.05, 3.63) is 82.4 Å². The monoisotopic (exact) mass is 591 g/mol. The Morgan fingerprint density at radius 1 is 1.16 bits per heavy atom. The van der Waals surface area contributed by atoms with E-state index in [1.807, 2.05) is 24.3 Å². The average Bonchev–Trinajstić information content (AvgIpc) is 3.16. The number of alkyl halides is 3. The highest BCUT2D eigenvalue weighted by Crippen LogP contribution is 2.52. The number of nitrogens with zero attached hydrogens (tertiary/aromatic N) is 1. The summed E-state index contributed by atoms with van der Waals surface area (Å²) >= 11 is 12.7. The highest BCUT2D eigenvalue weighted by Gasteiger charge is 2.58. The summed E-state index contributed by atoms with van der Waals surface area (Å²) in [5.74, 6) is 1.39. The normalized spacial score (nSPS) is 27.2. The van der Waals surface area contributed by atoms with Gasteiger partial charge in [-0.05, 0) is 56.5 Å². The Morgan fingerprint density at radius 3 is 2.26 bits per heavy atom. The first kappa shape index (κ1) is 30.5. The topological polar surface area (TPSA) is 69.4 Å². The van der Waals surface area contributed by atoms with E-state index in [9.17, 15) is 13.2 Å². The summed E-state index contributed by atoms with van der Waals surface area (Å²) in [6, 6.07) is 17.1. The highest BCUT2D eigenvalue weighted by molar-refractivity contribution is 7.86. The molecule has 38 heavy (non-hydrogen) atoms. The number of halogens is 5. The molecule has 11 heteroatoms. The summed E-state index contributed by atoms with van der Waals surface area (Å²) < 4.78 is 68.0. The van der Waals surface area contributed by atoms with Crippen molar-refractivity contribution in [2.24, 2.45) is 5.41 Å². The van der Waals surface area contributed by atoms with E-state index in [-0.39, 0.29) is 23.5 Å². The summed E-state index contributed by atoms with van der Waals surface area (Å²) in [5, 5.41) is 1.54. The molecule has 5 atom stereocenters. The van der Waals surface area contributed by atoms with E-state index in [1.54, 1.807) is 0 Å². The molecular weight excluding hydrogens is 562 g/mol. The van der Waals surface area contributed by atoms with E-state index in [0.717, 1.165) is 35.2 Å². The minimum Gasteiger partial charge on any atom is -0.741 e. The van der Waals surface area contributed by atoms with E-state index in [1.165, 1.54) is 11.1 Å². The molecule has 0 N–H and O–H groups in total. The lowest BCUT2D eigenvalue weighted by molar-refractivity contribution is -0.613. The van der Waals surface area contributed by atoms with Crippen LogP contribution in [0.1, 0.15) is 63.1 Å². The molecule has 2 aliphatic heterocycles. The van der Waals surface area contributed by atoms with Gasteiger partial charge in [-0.1, -0.05) is 60.5 Å². The largest absolute Gasteiger partial charge is 0.741 e. The average molecular weight is 593 g/mol. The predicted octanol–water partition coefficient (Wildman–Crippen LogP) is 7.46. The SMILES string of the molecule is C=CC[C@@]1(C)C[C@H](c2cccc(Cl)c2)[C@@H](c2ccc(Cl)cc2)[N+]2=C1O[C@@H](C)[C@@H]2CC.O=S(=O)([O-])C(F)(F)F. The number of hydrogen-bond donors (Lipinski definition) is 0. The van der Waals surface area contributed by atoms with Crippen LogP contribution >= 0.6 is 23.2 Å². The van der Waals surface area contributed by atoms with Crippen LogP contribution in [0.2, 0.25) is 10.0 Å². The fourth-order valence-electron chi connectivity index (χ4n) is 5.47. The van der Waals surface area contributed by atoms with Crippen molar-refractivity contribution >= 4 is 39.2 Å². The van der Waals surface area contributed by atoms with Gasteiger partial charge in [-0.25, -0.2) is 8.42 Å². The second kappa shape index (κ2) is 11.6. The smallest absolute Gasteiger partial charge is 0.485 e. The van der Waals surface area contributed by atoms with Gasteiger partial charge in [0.25, 0.3) is 0 Å². The third kappa shape index (κ3) is 6.38. The van der Waals surface area contributed by atoms with Crippen LogP contribution in [0.3, 0.4) is 0 Å². The summed E-state index contributed by atoms with van der Waals surface area (Å²) in [7, 11) is -6.09. The molecular formula is C27H30Cl2F3NO4S. The molecule has 0 fully saturated rings. The van der Waals surface area contributed by atoms with Gasteiger partial charge >= 0.3 is 11.4 Å². The number of allylic oxidation sites excluding steroid dienone is 1. The quantitative estimate of drug-likeness (QED) is 0.156. The number of benzene rings is 2. The molecule has 2 heterocycles. The van der Waals surface area contributed by atoms with Crippen LogP contribution < -0.4 is 0 Å². The van der Waals surface area contributed by atoms with Gasteiger partial charge < -0.3 is 9.29 Å². The minimum absolute atomic E-state index is 0.101. The Balaban J connectivity index is 0.000000436. The molecule has 0 unspecified atom stereocenters. The van der Waals surface area contributed by atoms with Crippen molar-refractivity contribution in [2.45, 2.75) is 69.6 Å². The van der Waals surface area contributed by atoms with Crippen LogP contribution in [0, 0.1) is 5.41 Å². The molecule has 5 nitrogen and oxygen atoms in total. The van der Waals surface area contributed by atoms with Gasteiger partial charge in [-0.2, -0.15) is 17.7 Å². The van der Waals surface area contributed by atoms with E-state index in [4.69, 9.17) is 40.9 Å². The summed E-state index contributed by atoms with van der Waals surface area (Å²) in [4.78, 5) is 0. The van der Waals surface area contributed by atoms with Crippen molar-refractivity contribution < 1.29 is 35.5 Å². The minimum atomic E-state index is -6.09. The first-order valence-corrected chi connectivity index (χ1v) is 14.3. The highest BCUT2D eigenvalue weighted by atomic mass is 35.5. The van der Waals surface area contributed by atoms with Crippen LogP contribution in [-0.4, -0.2) is 41.1 Å². The Labute approximate surface area is 231 Å². The zero-order chi connectivity index (χ0) is 28.5. The molecule has 0 amide bonds. The molecule has 0 radical (unpaired) electrons. The van der Waals surface area contributed by atoms with E-state index < -0.39 is 15.6 Å². The first-order chi connectivity index (χ1) is 17.6. The van der Waals surface area contributed by atoms with Gasteiger partial charge in [-0.15, -0.1) is 6.58 Å². The molecule has 2 aromatic rings. The fraction of sp³-hybridized carbons (Fsp3) is 0.444. The number of hydrogen-bond acceptors (Lipinski definition) is 4. The van der Waals surface area contributed by atoms with Gasteiger partial charge in [0, 0.05) is 22.0 Å². The first-order valence-electron chi connectivity index (χ1n) is 12.1. The molecule has 0 aliphatic carbocycles.